The van der Waals surface area contributed by atoms with E-state index in [1.807, 2.05) is 0 Å². The van der Waals surface area contributed by atoms with Crippen LogP contribution in [0.1, 0.15) is 24.6 Å². The standard InChI is InChI=1S/C19H21ClN4S/c1-12-7-9-24(10-8-12)15-5-3-14(4-6-15)21-17-16-11-13(2)25-18(16)23-19(20)22-17/h3-6,11-12H,7-10H2,1-2H3,(H,21,22,23). The SMILES string of the molecule is Cc1cc2c(Nc3ccc(N4CCC(C)CC4)cc3)nc(Cl)nc2s1. The maximum Gasteiger partial charge on any atom is 0.225 e. The van der Waals surface area contributed by atoms with Crippen molar-refractivity contribution < 1.29 is 0 Å². The first kappa shape index (κ1) is 16.6. The van der Waals surface area contributed by atoms with E-state index in [4.69, 9.17) is 11.6 Å². The maximum atomic E-state index is 6.08. The Morgan fingerprint density at radius 1 is 1.16 bits per heavy atom. The lowest BCUT2D eigenvalue weighted by Gasteiger charge is -2.32. The minimum Gasteiger partial charge on any atom is -0.372 e. The maximum absolute atomic E-state index is 6.08. The molecule has 1 aliphatic rings. The summed E-state index contributed by atoms with van der Waals surface area (Å²) >= 11 is 7.71. The highest BCUT2D eigenvalue weighted by molar-refractivity contribution is 7.18. The van der Waals surface area contributed by atoms with E-state index in [9.17, 15) is 0 Å². The number of nitrogens with one attached hydrogen (secondary N) is 1. The number of thiophene rings is 1. The number of nitrogens with zero attached hydrogens (tertiary/aromatic N) is 3. The molecule has 6 heteroatoms. The van der Waals surface area contributed by atoms with Crippen molar-refractivity contribution in [2.45, 2.75) is 26.7 Å². The Morgan fingerprint density at radius 3 is 2.60 bits per heavy atom. The second-order valence-corrected chi connectivity index (χ2v) is 8.33. The van der Waals surface area contributed by atoms with Crippen molar-refractivity contribution in [2.75, 3.05) is 23.3 Å². The number of piperidine rings is 1. The second kappa shape index (κ2) is 6.81. The number of aromatic nitrogens is 2. The fourth-order valence-corrected chi connectivity index (χ4v) is 4.37. The lowest BCUT2D eigenvalue weighted by molar-refractivity contribution is 0.438. The second-order valence-electron chi connectivity index (χ2n) is 6.76. The highest BCUT2D eigenvalue weighted by Crippen LogP contribution is 2.32. The van der Waals surface area contributed by atoms with Gasteiger partial charge in [-0.3, -0.25) is 0 Å². The van der Waals surface area contributed by atoms with Crippen LogP contribution in [0.25, 0.3) is 10.2 Å². The first-order valence-electron chi connectivity index (χ1n) is 8.64. The van der Waals surface area contributed by atoms with E-state index < -0.39 is 0 Å². The minimum atomic E-state index is 0.274. The fraction of sp³-hybridized carbons (Fsp3) is 0.368. The van der Waals surface area contributed by atoms with E-state index in [1.54, 1.807) is 11.3 Å². The molecule has 0 amide bonds. The van der Waals surface area contributed by atoms with Crippen LogP contribution in [-0.4, -0.2) is 23.1 Å². The van der Waals surface area contributed by atoms with E-state index in [0.29, 0.717) is 0 Å². The third kappa shape index (κ3) is 3.58. The van der Waals surface area contributed by atoms with Crippen LogP contribution < -0.4 is 10.2 Å². The molecule has 3 aromatic rings. The molecule has 0 atom stereocenters. The van der Waals surface area contributed by atoms with Crippen LogP contribution in [0.4, 0.5) is 17.2 Å². The summed E-state index contributed by atoms with van der Waals surface area (Å²) in [4.78, 5) is 13.3. The van der Waals surface area contributed by atoms with Crippen molar-refractivity contribution in [1.82, 2.24) is 9.97 Å². The van der Waals surface area contributed by atoms with Crippen molar-refractivity contribution in [1.29, 1.82) is 0 Å². The molecule has 0 bridgehead atoms. The van der Waals surface area contributed by atoms with Crippen molar-refractivity contribution in [2.24, 2.45) is 5.92 Å². The van der Waals surface area contributed by atoms with E-state index in [2.05, 4.69) is 64.4 Å². The molecule has 25 heavy (non-hydrogen) atoms. The third-order valence-electron chi connectivity index (χ3n) is 4.77. The predicted octanol–water partition coefficient (Wildman–Crippen LogP) is 5.63. The van der Waals surface area contributed by atoms with Gasteiger partial charge in [-0.15, -0.1) is 11.3 Å². The average molecular weight is 373 g/mol. The van der Waals surface area contributed by atoms with Gasteiger partial charge in [0.15, 0.2) is 0 Å². The zero-order valence-electron chi connectivity index (χ0n) is 14.4. The Bertz CT molecular complexity index is 882. The molecule has 1 aromatic carbocycles. The summed E-state index contributed by atoms with van der Waals surface area (Å²) in [5.74, 6) is 1.61. The minimum absolute atomic E-state index is 0.274. The Hall–Kier alpha value is -1.85. The Balaban J connectivity index is 1.55. The molecule has 0 unspecified atom stereocenters. The summed E-state index contributed by atoms with van der Waals surface area (Å²) in [5.41, 5.74) is 2.30. The number of aryl methyl sites for hydroxylation is 1. The van der Waals surface area contributed by atoms with Crippen LogP contribution in [0, 0.1) is 12.8 Å². The third-order valence-corrected chi connectivity index (χ3v) is 5.88. The van der Waals surface area contributed by atoms with Crippen LogP contribution in [0.3, 0.4) is 0 Å². The molecule has 0 radical (unpaired) electrons. The molecule has 4 nitrogen and oxygen atoms in total. The Kier molecular flexibility index (Phi) is 4.52. The van der Waals surface area contributed by atoms with Crippen LogP contribution in [0.5, 0.6) is 0 Å². The molecular formula is C19H21ClN4S. The summed E-state index contributed by atoms with van der Waals surface area (Å²) in [6.45, 7) is 6.69. The lowest BCUT2D eigenvalue weighted by atomic mass is 9.99. The van der Waals surface area contributed by atoms with Gasteiger partial charge in [0.25, 0.3) is 0 Å². The first-order chi connectivity index (χ1) is 12.1. The summed E-state index contributed by atoms with van der Waals surface area (Å²) in [6, 6.07) is 10.7. The van der Waals surface area contributed by atoms with Crippen molar-refractivity contribution in [3.8, 4) is 0 Å². The molecule has 1 saturated heterocycles. The van der Waals surface area contributed by atoms with Crippen molar-refractivity contribution in [3.63, 3.8) is 0 Å². The Morgan fingerprint density at radius 2 is 1.88 bits per heavy atom. The number of benzene rings is 1. The molecule has 0 saturated carbocycles. The van der Waals surface area contributed by atoms with Crippen LogP contribution >= 0.6 is 22.9 Å². The first-order valence-corrected chi connectivity index (χ1v) is 9.83. The van der Waals surface area contributed by atoms with Gasteiger partial charge in [-0.2, -0.15) is 4.98 Å². The van der Waals surface area contributed by atoms with E-state index in [1.165, 1.54) is 23.4 Å². The summed E-state index contributed by atoms with van der Waals surface area (Å²) < 4.78 is 0. The topological polar surface area (TPSA) is 41.0 Å². The molecule has 0 aliphatic carbocycles. The van der Waals surface area contributed by atoms with Crippen molar-refractivity contribution >= 4 is 50.3 Å². The van der Waals surface area contributed by atoms with Gasteiger partial charge in [0.2, 0.25) is 5.28 Å². The predicted molar refractivity (Wildman–Crippen MR) is 107 cm³/mol. The molecule has 3 heterocycles. The van der Waals surface area contributed by atoms with Gasteiger partial charge in [-0.1, -0.05) is 6.92 Å². The Labute approximate surface area is 156 Å². The van der Waals surface area contributed by atoms with Crippen LogP contribution in [0.15, 0.2) is 30.3 Å². The number of halogens is 1. The van der Waals surface area contributed by atoms with Gasteiger partial charge in [0, 0.05) is 29.3 Å². The van der Waals surface area contributed by atoms with Gasteiger partial charge < -0.3 is 10.2 Å². The molecule has 1 N–H and O–H groups in total. The summed E-state index contributed by atoms with van der Waals surface area (Å²) in [7, 11) is 0. The summed E-state index contributed by atoms with van der Waals surface area (Å²) in [5, 5.41) is 4.68. The quantitative estimate of drug-likeness (QED) is 0.604. The number of anilines is 3. The van der Waals surface area contributed by atoms with Gasteiger partial charge >= 0.3 is 0 Å². The van der Waals surface area contributed by atoms with Gasteiger partial charge in [0.1, 0.15) is 10.6 Å². The largest absolute Gasteiger partial charge is 0.372 e. The number of hydrogen-bond donors (Lipinski definition) is 1. The van der Waals surface area contributed by atoms with Crippen molar-refractivity contribution in [3.05, 3.63) is 40.5 Å². The number of fused-ring (bicyclic) bond motifs is 1. The summed E-state index contributed by atoms with van der Waals surface area (Å²) in [6.07, 6.45) is 2.55. The molecule has 0 spiro atoms. The molecule has 1 fully saturated rings. The van der Waals surface area contributed by atoms with E-state index in [-0.39, 0.29) is 5.28 Å². The zero-order chi connectivity index (χ0) is 17.4. The van der Waals surface area contributed by atoms with E-state index >= 15 is 0 Å². The average Bonchev–Trinajstić information content (AvgIpc) is 2.97. The zero-order valence-corrected chi connectivity index (χ0v) is 16.0. The normalized spacial score (nSPS) is 15.7. The van der Waals surface area contributed by atoms with Gasteiger partial charge in [0.05, 0.1) is 5.39 Å². The van der Waals surface area contributed by atoms with Crippen LogP contribution in [0.2, 0.25) is 5.28 Å². The lowest BCUT2D eigenvalue weighted by Crippen LogP contribution is -2.32. The molecule has 130 valence electrons. The number of rotatable bonds is 3. The molecular weight excluding hydrogens is 352 g/mol. The fourth-order valence-electron chi connectivity index (χ4n) is 3.27. The van der Waals surface area contributed by atoms with E-state index in [0.717, 1.165) is 40.7 Å². The molecule has 1 aliphatic heterocycles. The monoisotopic (exact) mass is 372 g/mol. The van der Waals surface area contributed by atoms with Gasteiger partial charge in [-0.25, -0.2) is 4.98 Å². The van der Waals surface area contributed by atoms with Crippen LogP contribution in [-0.2, 0) is 0 Å². The highest BCUT2D eigenvalue weighted by atomic mass is 35.5. The number of hydrogen-bond acceptors (Lipinski definition) is 5. The molecule has 2 aromatic heterocycles. The van der Waals surface area contributed by atoms with Gasteiger partial charge in [-0.05, 0) is 67.6 Å². The highest BCUT2D eigenvalue weighted by Gasteiger charge is 2.16. The smallest absolute Gasteiger partial charge is 0.225 e. The molecule has 4 rings (SSSR count).